The highest BCUT2D eigenvalue weighted by Crippen LogP contribution is 2.35. The number of nitrogens with zero attached hydrogens (tertiary/aromatic N) is 3. The molecular formula is C21H27ClN4. The van der Waals surface area contributed by atoms with E-state index in [0.29, 0.717) is 5.02 Å². The van der Waals surface area contributed by atoms with Crippen LogP contribution in [0.1, 0.15) is 51.9 Å². The highest BCUT2D eigenvalue weighted by atomic mass is 35.5. The molecule has 2 heterocycles. The molecule has 0 saturated heterocycles. The Hall–Kier alpha value is -2.07. The third-order valence-electron chi connectivity index (χ3n) is 4.51. The lowest BCUT2D eigenvalue weighted by Crippen LogP contribution is -2.17. The van der Waals surface area contributed by atoms with Gasteiger partial charge < -0.3 is 5.32 Å². The van der Waals surface area contributed by atoms with E-state index in [9.17, 15) is 0 Å². The molecule has 5 heteroatoms. The summed E-state index contributed by atoms with van der Waals surface area (Å²) in [6, 6.07) is 10.00. The minimum atomic E-state index is -0.0567. The SMILES string of the molecule is CCCCNc1cc(C(C)(C)C)nc2c(-c3ccccc3Cl)c(C)nn12. The van der Waals surface area contributed by atoms with E-state index < -0.39 is 0 Å². The molecule has 3 aromatic rings. The maximum atomic E-state index is 6.48. The second kappa shape index (κ2) is 7.28. The molecule has 0 spiro atoms. The smallest absolute Gasteiger partial charge is 0.165 e. The van der Waals surface area contributed by atoms with Gasteiger partial charge in [-0.25, -0.2) is 4.98 Å². The average molecular weight is 371 g/mol. The van der Waals surface area contributed by atoms with Crippen molar-refractivity contribution in [2.45, 2.75) is 52.9 Å². The van der Waals surface area contributed by atoms with Crippen molar-refractivity contribution in [3.8, 4) is 11.1 Å². The van der Waals surface area contributed by atoms with Crippen molar-refractivity contribution in [2.24, 2.45) is 0 Å². The van der Waals surface area contributed by atoms with E-state index in [2.05, 4.69) is 39.1 Å². The lowest BCUT2D eigenvalue weighted by molar-refractivity contribution is 0.568. The number of fused-ring (bicyclic) bond motifs is 1. The summed E-state index contributed by atoms with van der Waals surface area (Å²) >= 11 is 6.48. The molecular weight excluding hydrogens is 344 g/mol. The van der Waals surface area contributed by atoms with E-state index >= 15 is 0 Å². The van der Waals surface area contributed by atoms with Gasteiger partial charge in [-0.1, -0.05) is 63.9 Å². The number of aromatic nitrogens is 3. The van der Waals surface area contributed by atoms with E-state index in [1.807, 2.05) is 35.7 Å². The van der Waals surface area contributed by atoms with Crippen molar-refractivity contribution in [2.75, 3.05) is 11.9 Å². The summed E-state index contributed by atoms with van der Waals surface area (Å²) in [5.41, 5.74) is 4.73. The first-order valence-corrected chi connectivity index (χ1v) is 9.60. The Morgan fingerprint density at radius 2 is 1.92 bits per heavy atom. The van der Waals surface area contributed by atoms with Gasteiger partial charge in [0.25, 0.3) is 0 Å². The normalized spacial score (nSPS) is 11.9. The third kappa shape index (κ3) is 3.56. The van der Waals surface area contributed by atoms with Gasteiger partial charge in [0.2, 0.25) is 0 Å². The van der Waals surface area contributed by atoms with Crippen molar-refractivity contribution in [1.29, 1.82) is 0 Å². The molecule has 138 valence electrons. The molecule has 0 aliphatic carbocycles. The van der Waals surface area contributed by atoms with Crippen LogP contribution >= 0.6 is 11.6 Å². The Kier molecular flexibility index (Phi) is 5.24. The monoisotopic (exact) mass is 370 g/mol. The maximum Gasteiger partial charge on any atom is 0.165 e. The second-order valence-electron chi connectivity index (χ2n) is 7.73. The van der Waals surface area contributed by atoms with E-state index in [4.69, 9.17) is 21.7 Å². The van der Waals surface area contributed by atoms with Crippen LogP contribution in [0.25, 0.3) is 16.8 Å². The largest absolute Gasteiger partial charge is 0.370 e. The number of halogens is 1. The van der Waals surface area contributed by atoms with Crippen molar-refractivity contribution in [1.82, 2.24) is 14.6 Å². The first-order valence-electron chi connectivity index (χ1n) is 9.22. The molecule has 0 radical (unpaired) electrons. The number of anilines is 1. The third-order valence-corrected chi connectivity index (χ3v) is 4.84. The first kappa shape index (κ1) is 18.7. The quantitative estimate of drug-likeness (QED) is 0.571. The van der Waals surface area contributed by atoms with Crippen LogP contribution in [0.2, 0.25) is 5.02 Å². The van der Waals surface area contributed by atoms with Gasteiger partial charge in [0.1, 0.15) is 5.82 Å². The lowest BCUT2D eigenvalue weighted by Gasteiger charge is -2.20. The Bertz CT molecular complexity index is 922. The number of hydrogen-bond acceptors (Lipinski definition) is 3. The topological polar surface area (TPSA) is 42.2 Å². The summed E-state index contributed by atoms with van der Waals surface area (Å²) in [4.78, 5) is 4.98. The Morgan fingerprint density at radius 1 is 1.19 bits per heavy atom. The molecule has 4 nitrogen and oxygen atoms in total. The molecule has 1 N–H and O–H groups in total. The number of aryl methyl sites for hydroxylation is 1. The molecule has 26 heavy (non-hydrogen) atoms. The number of nitrogens with one attached hydrogen (secondary N) is 1. The van der Waals surface area contributed by atoms with Crippen molar-refractivity contribution in [3.05, 3.63) is 46.7 Å². The highest BCUT2D eigenvalue weighted by molar-refractivity contribution is 6.33. The molecule has 0 fully saturated rings. The van der Waals surface area contributed by atoms with Crippen LogP contribution in [-0.4, -0.2) is 21.1 Å². The van der Waals surface area contributed by atoms with Gasteiger partial charge in [-0.2, -0.15) is 9.61 Å². The molecule has 0 saturated carbocycles. The molecule has 2 aromatic heterocycles. The fraction of sp³-hybridized carbons (Fsp3) is 0.429. The maximum absolute atomic E-state index is 6.48. The van der Waals surface area contributed by atoms with Gasteiger partial charge in [-0.05, 0) is 19.4 Å². The summed E-state index contributed by atoms with van der Waals surface area (Å²) < 4.78 is 1.92. The standard InChI is InChI=1S/C21H27ClN4/c1-6-7-12-23-18-13-17(21(3,4)5)24-20-19(14(2)25-26(18)20)15-10-8-9-11-16(15)22/h8-11,13,23H,6-7,12H2,1-5H3. The average Bonchev–Trinajstić information content (AvgIpc) is 2.91. The molecule has 0 aliphatic heterocycles. The predicted molar refractivity (Wildman–Crippen MR) is 110 cm³/mol. The fourth-order valence-electron chi connectivity index (χ4n) is 3.01. The first-order chi connectivity index (χ1) is 12.3. The van der Waals surface area contributed by atoms with Crippen LogP contribution in [0, 0.1) is 6.92 Å². The van der Waals surface area contributed by atoms with Gasteiger partial charge in [0.15, 0.2) is 5.65 Å². The van der Waals surface area contributed by atoms with Gasteiger partial charge >= 0.3 is 0 Å². The van der Waals surface area contributed by atoms with Crippen LogP contribution in [-0.2, 0) is 5.41 Å². The van der Waals surface area contributed by atoms with E-state index in [1.54, 1.807) is 0 Å². The summed E-state index contributed by atoms with van der Waals surface area (Å²) in [6.45, 7) is 11.7. The summed E-state index contributed by atoms with van der Waals surface area (Å²) in [5.74, 6) is 0.981. The Morgan fingerprint density at radius 3 is 2.58 bits per heavy atom. The molecule has 0 unspecified atom stereocenters. The minimum absolute atomic E-state index is 0.0567. The number of benzene rings is 1. The molecule has 3 rings (SSSR count). The van der Waals surface area contributed by atoms with Crippen LogP contribution < -0.4 is 5.32 Å². The number of rotatable bonds is 5. The van der Waals surface area contributed by atoms with E-state index in [-0.39, 0.29) is 5.41 Å². The van der Waals surface area contributed by atoms with Crippen molar-refractivity contribution < 1.29 is 0 Å². The van der Waals surface area contributed by atoms with Crippen molar-refractivity contribution in [3.63, 3.8) is 0 Å². The predicted octanol–water partition coefficient (Wildman–Crippen LogP) is 5.87. The van der Waals surface area contributed by atoms with E-state index in [1.165, 1.54) is 0 Å². The van der Waals surface area contributed by atoms with Crippen LogP contribution in [0.3, 0.4) is 0 Å². The van der Waals surface area contributed by atoms with Crippen molar-refractivity contribution >= 4 is 23.1 Å². The second-order valence-corrected chi connectivity index (χ2v) is 8.14. The highest BCUT2D eigenvalue weighted by Gasteiger charge is 2.22. The molecule has 0 aliphatic rings. The summed E-state index contributed by atoms with van der Waals surface area (Å²) in [7, 11) is 0. The Balaban J connectivity index is 2.25. The van der Waals surface area contributed by atoms with E-state index in [0.717, 1.165) is 53.4 Å². The summed E-state index contributed by atoms with van der Waals surface area (Å²) in [6.07, 6.45) is 2.27. The molecule has 0 bridgehead atoms. The van der Waals surface area contributed by atoms with Gasteiger partial charge in [-0.15, -0.1) is 0 Å². The van der Waals surface area contributed by atoms with Gasteiger partial charge in [0.05, 0.1) is 17.0 Å². The zero-order valence-corrected chi connectivity index (χ0v) is 17.0. The molecule has 1 aromatic carbocycles. The number of unbranched alkanes of at least 4 members (excludes halogenated alkanes) is 1. The summed E-state index contributed by atoms with van der Waals surface area (Å²) in [5, 5.41) is 9.02. The Labute approximate surface area is 160 Å². The molecule has 0 atom stereocenters. The van der Waals surface area contributed by atoms with Crippen LogP contribution in [0.15, 0.2) is 30.3 Å². The van der Waals surface area contributed by atoms with Crippen LogP contribution in [0.4, 0.5) is 5.82 Å². The minimum Gasteiger partial charge on any atom is -0.370 e. The molecule has 0 amide bonds. The number of hydrogen-bond donors (Lipinski definition) is 1. The van der Waals surface area contributed by atoms with Crippen LogP contribution in [0.5, 0.6) is 0 Å². The van der Waals surface area contributed by atoms with Gasteiger partial charge in [-0.3, -0.25) is 0 Å². The zero-order valence-electron chi connectivity index (χ0n) is 16.2. The lowest BCUT2D eigenvalue weighted by atomic mass is 9.92. The fourth-order valence-corrected chi connectivity index (χ4v) is 3.24. The zero-order chi connectivity index (χ0) is 18.9. The van der Waals surface area contributed by atoms with Gasteiger partial charge in [0, 0.05) is 28.6 Å².